The van der Waals surface area contributed by atoms with Gasteiger partial charge in [0, 0.05) is 0 Å². The number of hydrogen-bond donors (Lipinski definition) is 10. The van der Waals surface area contributed by atoms with Crippen molar-refractivity contribution in [3.63, 3.8) is 0 Å². The van der Waals surface area contributed by atoms with Crippen molar-refractivity contribution in [2.45, 2.75) is 0 Å². The monoisotopic (exact) mass is 257 g/mol. The summed E-state index contributed by atoms with van der Waals surface area (Å²) in [4.78, 5) is 0. The Balaban J connectivity index is -0.000000205. The highest BCUT2D eigenvalue weighted by Gasteiger charge is 2.26. The number of aliphatic hydroxyl groups is 4. The van der Waals surface area contributed by atoms with Crippen LogP contribution in [0.4, 0.5) is 0 Å². The third-order valence-corrected chi connectivity index (χ3v) is 1.34. The molecule has 17 heavy (non-hydrogen) atoms. The maximum atomic E-state index is 8.50. The molecule has 0 aromatic heterocycles. The van der Waals surface area contributed by atoms with E-state index in [1.807, 2.05) is 0 Å². The van der Waals surface area contributed by atoms with Gasteiger partial charge in [0.25, 0.3) is 0 Å². The molecule has 0 unspecified atom stereocenters. The van der Waals surface area contributed by atoms with Crippen molar-refractivity contribution in [2.75, 3.05) is 26.4 Å². The van der Waals surface area contributed by atoms with E-state index in [9.17, 15) is 0 Å². The molecular formula is C6H20BN3O7. The quantitative estimate of drug-likeness (QED) is 0.132. The maximum absolute atomic E-state index is 8.50. The first-order chi connectivity index (χ1) is 7.71. The van der Waals surface area contributed by atoms with Crippen LogP contribution in [0.15, 0.2) is 0 Å². The molecule has 0 aliphatic heterocycles. The number of aliphatic hydroxyl groups excluding tert-OH is 4. The summed E-state index contributed by atoms with van der Waals surface area (Å²) in [6, 6.07) is 0. The Morgan fingerprint density at radius 3 is 1.00 bits per heavy atom. The summed E-state index contributed by atoms with van der Waals surface area (Å²) in [6.07, 6.45) is 0. The van der Waals surface area contributed by atoms with E-state index in [0.717, 1.165) is 0 Å². The molecule has 0 aromatic carbocycles. The molecule has 0 radical (unpaired) electrons. The second-order valence-corrected chi connectivity index (χ2v) is 2.93. The third-order valence-electron chi connectivity index (χ3n) is 1.34. The molecular weight excluding hydrogens is 237 g/mol. The van der Waals surface area contributed by atoms with Crippen LogP contribution in [-0.4, -0.2) is 75.2 Å². The van der Waals surface area contributed by atoms with Crippen LogP contribution >= 0.6 is 0 Å². The minimum absolute atomic E-state index is 0.333. The van der Waals surface area contributed by atoms with Crippen molar-refractivity contribution in [1.82, 2.24) is 0 Å². The van der Waals surface area contributed by atoms with Gasteiger partial charge >= 0.3 is 7.32 Å². The van der Waals surface area contributed by atoms with Gasteiger partial charge in [-0.05, 0) is 0 Å². The molecule has 11 heteroatoms. The molecule has 0 spiro atoms. The van der Waals surface area contributed by atoms with Crippen molar-refractivity contribution in [3.05, 3.63) is 0 Å². The van der Waals surface area contributed by atoms with Gasteiger partial charge in [-0.15, -0.1) is 0 Å². The molecule has 10 nitrogen and oxygen atoms in total. The van der Waals surface area contributed by atoms with Gasteiger partial charge in [0.05, 0.1) is 31.8 Å². The Hall–Kier alpha value is -0.945. The lowest BCUT2D eigenvalue weighted by molar-refractivity contribution is -0.0328. The zero-order valence-corrected chi connectivity index (χ0v) is 9.19. The highest BCUT2D eigenvalue weighted by molar-refractivity contribution is 6.30. The zero-order chi connectivity index (χ0) is 14.5. The Morgan fingerprint density at radius 1 is 0.882 bits per heavy atom. The highest BCUT2D eigenvalue weighted by atomic mass is 16.5. The first-order valence-electron chi connectivity index (χ1n) is 4.28. The second kappa shape index (κ2) is 13.1. The minimum Gasteiger partial charge on any atom is -0.402 e. The standard InChI is InChI=1S/C5H12O4.CH5N3.BH3O3/c6-1-5(2-7,3-8)4-9;2*2-1(3)4/h6-9H,1-4H2;(H5,2,3,4);2-4H. The molecule has 0 bridgehead atoms. The van der Waals surface area contributed by atoms with Crippen LogP contribution in [0, 0.1) is 10.8 Å². The first kappa shape index (κ1) is 21.4. The fourth-order valence-electron chi connectivity index (χ4n) is 0.300. The fraction of sp³-hybridized carbons (Fsp3) is 0.833. The molecule has 104 valence electrons. The van der Waals surface area contributed by atoms with Crippen molar-refractivity contribution in [1.29, 1.82) is 5.41 Å². The van der Waals surface area contributed by atoms with Gasteiger partial charge in [-0.3, -0.25) is 5.41 Å². The molecule has 0 atom stereocenters. The fourth-order valence-corrected chi connectivity index (χ4v) is 0.300. The third kappa shape index (κ3) is 21.0. The lowest BCUT2D eigenvalue weighted by Gasteiger charge is -2.23. The molecule has 0 saturated carbocycles. The van der Waals surface area contributed by atoms with E-state index < -0.39 is 39.2 Å². The van der Waals surface area contributed by atoms with E-state index in [1.54, 1.807) is 0 Å². The summed E-state index contributed by atoms with van der Waals surface area (Å²) >= 11 is 0. The van der Waals surface area contributed by atoms with E-state index in [2.05, 4.69) is 11.5 Å². The molecule has 0 fully saturated rings. The normalized spacial score (nSPS) is 9.35. The summed E-state index contributed by atoms with van der Waals surface area (Å²) in [5, 5.41) is 61.5. The topological polar surface area (TPSA) is 217 Å². The van der Waals surface area contributed by atoms with E-state index in [4.69, 9.17) is 40.9 Å². The van der Waals surface area contributed by atoms with Gasteiger partial charge in [-0.25, -0.2) is 0 Å². The zero-order valence-electron chi connectivity index (χ0n) is 9.19. The highest BCUT2D eigenvalue weighted by Crippen LogP contribution is 2.11. The predicted molar refractivity (Wildman–Crippen MR) is 59.3 cm³/mol. The number of hydrogen-bond acceptors (Lipinski definition) is 8. The molecule has 0 rings (SSSR count). The van der Waals surface area contributed by atoms with Crippen molar-refractivity contribution in [2.24, 2.45) is 16.9 Å². The van der Waals surface area contributed by atoms with Gasteiger partial charge in [-0.2, -0.15) is 0 Å². The molecule has 0 saturated heterocycles. The summed E-state index contributed by atoms with van der Waals surface area (Å²) in [5.74, 6) is -0.333. The first-order valence-corrected chi connectivity index (χ1v) is 4.28. The van der Waals surface area contributed by atoms with Gasteiger partial charge in [0.15, 0.2) is 5.96 Å². The van der Waals surface area contributed by atoms with Crippen molar-refractivity contribution < 1.29 is 35.5 Å². The average molecular weight is 257 g/mol. The summed E-state index contributed by atoms with van der Waals surface area (Å²) < 4.78 is 0. The van der Waals surface area contributed by atoms with Crippen LogP contribution in [-0.2, 0) is 0 Å². The Morgan fingerprint density at radius 2 is 1.00 bits per heavy atom. The lowest BCUT2D eigenvalue weighted by Crippen LogP contribution is -2.37. The van der Waals surface area contributed by atoms with Crippen LogP contribution in [0.2, 0.25) is 0 Å². The smallest absolute Gasteiger partial charge is 0.402 e. The second-order valence-electron chi connectivity index (χ2n) is 2.93. The summed E-state index contributed by atoms with van der Waals surface area (Å²) in [7, 11) is -2.17. The molecule has 0 amide bonds. The largest absolute Gasteiger partial charge is 0.631 e. The van der Waals surface area contributed by atoms with Crippen LogP contribution in [0.25, 0.3) is 0 Å². The average Bonchev–Trinajstić information content (AvgIpc) is 2.20. The summed E-state index contributed by atoms with van der Waals surface area (Å²) in [5.41, 5.74) is 7.83. The molecule has 0 aromatic rings. The maximum Gasteiger partial charge on any atom is 0.631 e. The van der Waals surface area contributed by atoms with E-state index >= 15 is 0 Å². The SMILES string of the molecule is N=C(N)N.OB(O)O.OCC(CO)(CO)CO. The Labute approximate surface area is 98.4 Å². The minimum atomic E-state index is -2.17. The number of guanidine groups is 1. The molecule has 12 N–H and O–H groups in total. The van der Waals surface area contributed by atoms with Gasteiger partial charge in [0.2, 0.25) is 0 Å². The van der Waals surface area contributed by atoms with Gasteiger partial charge in [0.1, 0.15) is 0 Å². The number of nitrogens with two attached hydrogens (primary N) is 2. The Bertz CT molecular complexity index is 155. The van der Waals surface area contributed by atoms with Crippen LogP contribution in [0.3, 0.4) is 0 Å². The van der Waals surface area contributed by atoms with E-state index in [0.29, 0.717) is 0 Å². The van der Waals surface area contributed by atoms with Crippen molar-refractivity contribution in [3.8, 4) is 0 Å². The molecule has 0 aliphatic rings. The molecule has 0 aliphatic carbocycles. The van der Waals surface area contributed by atoms with E-state index in [-0.39, 0.29) is 5.96 Å². The van der Waals surface area contributed by atoms with Crippen LogP contribution in [0.1, 0.15) is 0 Å². The van der Waals surface area contributed by atoms with Gasteiger partial charge in [-0.1, -0.05) is 0 Å². The van der Waals surface area contributed by atoms with Gasteiger partial charge < -0.3 is 47.0 Å². The van der Waals surface area contributed by atoms with E-state index in [1.165, 1.54) is 0 Å². The Kier molecular flexibility index (Phi) is 16.5. The lowest BCUT2D eigenvalue weighted by atomic mass is 9.93. The van der Waals surface area contributed by atoms with Crippen LogP contribution in [0.5, 0.6) is 0 Å². The number of rotatable bonds is 4. The van der Waals surface area contributed by atoms with Crippen molar-refractivity contribution >= 4 is 13.3 Å². The molecule has 0 heterocycles. The predicted octanol–water partition coefficient (Wildman–Crippen LogP) is -5.27. The number of nitrogens with one attached hydrogen (secondary N) is 1. The van der Waals surface area contributed by atoms with Crippen LogP contribution < -0.4 is 11.5 Å². The summed E-state index contributed by atoms with van der Waals surface area (Å²) in [6.45, 7) is -1.62.